The number of H-pyrrole nitrogens is 1. The Morgan fingerprint density at radius 2 is 2.24 bits per heavy atom. The Kier molecular flexibility index (Phi) is 2.18. The Bertz CT molecular complexity index is 626. The highest BCUT2D eigenvalue weighted by Gasteiger charge is 2.07. The minimum Gasteiger partial charge on any atom is -0.362 e. The quantitative estimate of drug-likeness (QED) is 0.662. The van der Waals surface area contributed by atoms with Crippen LogP contribution < -0.4 is 5.32 Å². The van der Waals surface area contributed by atoms with Crippen molar-refractivity contribution in [1.82, 2.24) is 34.9 Å². The first kappa shape index (κ1) is 9.70. The molecule has 8 nitrogen and oxygen atoms in total. The molecule has 0 radical (unpaired) electrons. The van der Waals surface area contributed by atoms with Crippen LogP contribution in [0.15, 0.2) is 18.9 Å². The van der Waals surface area contributed by atoms with E-state index in [0.717, 1.165) is 22.7 Å². The Morgan fingerprint density at radius 1 is 1.29 bits per heavy atom. The van der Waals surface area contributed by atoms with E-state index in [9.17, 15) is 0 Å². The first-order valence-corrected chi connectivity index (χ1v) is 5.05. The van der Waals surface area contributed by atoms with Crippen LogP contribution in [0.25, 0.3) is 11.0 Å². The average molecular weight is 230 g/mol. The SMILES string of the molecule is Cn1ncc2c(NCc3ncn[nH]3)ncnc21. The van der Waals surface area contributed by atoms with E-state index in [1.165, 1.54) is 12.7 Å². The van der Waals surface area contributed by atoms with E-state index >= 15 is 0 Å². The van der Waals surface area contributed by atoms with Gasteiger partial charge in [-0.1, -0.05) is 0 Å². The zero-order valence-corrected chi connectivity index (χ0v) is 9.12. The number of hydrogen-bond donors (Lipinski definition) is 2. The molecule has 0 unspecified atom stereocenters. The summed E-state index contributed by atoms with van der Waals surface area (Å²) >= 11 is 0. The van der Waals surface area contributed by atoms with Gasteiger partial charge in [-0.15, -0.1) is 0 Å². The number of rotatable bonds is 3. The highest BCUT2D eigenvalue weighted by Crippen LogP contribution is 2.17. The molecule has 0 atom stereocenters. The van der Waals surface area contributed by atoms with E-state index in [0.29, 0.717) is 6.54 Å². The van der Waals surface area contributed by atoms with Crippen molar-refractivity contribution in [2.24, 2.45) is 7.05 Å². The summed E-state index contributed by atoms with van der Waals surface area (Å²) in [6, 6.07) is 0. The van der Waals surface area contributed by atoms with Crippen LogP contribution in [0.2, 0.25) is 0 Å². The van der Waals surface area contributed by atoms with Crippen LogP contribution in [0.1, 0.15) is 5.82 Å². The summed E-state index contributed by atoms with van der Waals surface area (Å²) in [6.45, 7) is 0.529. The molecule has 86 valence electrons. The number of aryl methyl sites for hydroxylation is 1. The van der Waals surface area contributed by atoms with Gasteiger partial charge in [0.15, 0.2) is 5.65 Å². The van der Waals surface area contributed by atoms with Gasteiger partial charge < -0.3 is 5.32 Å². The molecule has 0 spiro atoms. The summed E-state index contributed by atoms with van der Waals surface area (Å²) < 4.78 is 1.71. The molecular formula is C9H10N8. The van der Waals surface area contributed by atoms with Gasteiger partial charge in [-0.25, -0.2) is 15.0 Å². The monoisotopic (exact) mass is 230 g/mol. The van der Waals surface area contributed by atoms with E-state index < -0.39 is 0 Å². The normalized spacial score (nSPS) is 10.9. The van der Waals surface area contributed by atoms with Crippen LogP contribution in [0, 0.1) is 0 Å². The molecule has 3 aromatic rings. The molecule has 0 fully saturated rings. The predicted octanol–water partition coefficient (Wildman–Crippen LogP) is 0.0935. The van der Waals surface area contributed by atoms with Crippen LogP contribution in [-0.4, -0.2) is 34.9 Å². The van der Waals surface area contributed by atoms with Gasteiger partial charge in [-0.05, 0) is 0 Å². The maximum atomic E-state index is 4.18. The Labute approximate surface area is 96.1 Å². The van der Waals surface area contributed by atoms with Crippen LogP contribution in [-0.2, 0) is 13.6 Å². The Hall–Kier alpha value is -2.51. The summed E-state index contributed by atoms with van der Waals surface area (Å²) in [5, 5.41) is 14.7. The van der Waals surface area contributed by atoms with Crippen LogP contribution >= 0.6 is 0 Å². The van der Waals surface area contributed by atoms with Crippen LogP contribution in [0.4, 0.5) is 5.82 Å². The number of anilines is 1. The second kappa shape index (κ2) is 3.81. The number of hydrogen-bond acceptors (Lipinski definition) is 6. The van der Waals surface area contributed by atoms with Gasteiger partial charge in [0.05, 0.1) is 18.1 Å². The number of nitrogens with one attached hydrogen (secondary N) is 2. The fraction of sp³-hybridized carbons (Fsp3) is 0.222. The van der Waals surface area contributed by atoms with Crippen LogP contribution in [0.3, 0.4) is 0 Å². The molecular weight excluding hydrogens is 220 g/mol. The average Bonchev–Trinajstić information content (AvgIpc) is 2.97. The first-order chi connectivity index (χ1) is 8.34. The minimum atomic E-state index is 0.529. The number of aromatic amines is 1. The molecule has 0 aliphatic rings. The fourth-order valence-electron chi connectivity index (χ4n) is 1.59. The molecule has 0 saturated heterocycles. The fourth-order valence-corrected chi connectivity index (χ4v) is 1.59. The van der Waals surface area contributed by atoms with E-state index in [2.05, 4.69) is 35.6 Å². The summed E-state index contributed by atoms with van der Waals surface area (Å²) in [4.78, 5) is 12.4. The predicted molar refractivity (Wildman–Crippen MR) is 60.0 cm³/mol. The Morgan fingerprint density at radius 3 is 3.06 bits per heavy atom. The van der Waals surface area contributed by atoms with E-state index in [-0.39, 0.29) is 0 Å². The smallest absolute Gasteiger partial charge is 0.163 e. The van der Waals surface area contributed by atoms with E-state index in [1.54, 1.807) is 10.9 Å². The number of fused-ring (bicyclic) bond motifs is 1. The summed E-state index contributed by atoms with van der Waals surface area (Å²) in [5.74, 6) is 1.49. The zero-order chi connectivity index (χ0) is 11.7. The zero-order valence-electron chi connectivity index (χ0n) is 9.12. The third kappa shape index (κ3) is 1.69. The topological polar surface area (TPSA) is 97.2 Å². The van der Waals surface area contributed by atoms with Crippen molar-refractivity contribution in [2.45, 2.75) is 6.54 Å². The lowest BCUT2D eigenvalue weighted by Gasteiger charge is -2.03. The second-order valence-corrected chi connectivity index (χ2v) is 3.51. The van der Waals surface area contributed by atoms with Crippen molar-refractivity contribution in [2.75, 3.05) is 5.32 Å². The third-order valence-corrected chi connectivity index (χ3v) is 2.42. The second-order valence-electron chi connectivity index (χ2n) is 3.51. The van der Waals surface area contributed by atoms with Crippen molar-refractivity contribution < 1.29 is 0 Å². The molecule has 3 aromatic heterocycles. The van der Waals surface area contributed by atoms with E-state index in [1.807, 2.05) is 7.05 Å². The molecule has 0 amide bonds. The van der Waals surface area contributed by atoms with E-state index in [4.69, 9.17) is 0 Å². The van der Waals surface area contributed by atoms with Crippen molar-refractivity contribution in [3.05, 3.63) is 24.7 Å². The van der Waals surface area contributed by atoms with Gasteiger partial charge in [0, 0.05) is 7.05 Å². The molecule has 17 heavy (non-hydrogen) atoms. The molecule has 8 heteroatoms. The maximum Gasteiger partial charge on any atom is 0.163 e. The molecule has 0 aliphatic heterocycles. The van der Waals surface area contributed by atoms with Crippen molar-refractivity contribution in [3.63, 3.8) is 0 Å². The minimum absolute atomic E-state index is 0.529. The molecule has 0 bridgehead atoms. The largest absolute Gasteiger partial charge is 0.362 e. The summed E-state index contributed by atoms with van der Waals surface area (Å²) in [6.07, 6.45) is 4.71. The van der Waals surface area contributed by atoms with Gasteiger partial charge in [0.25, 0.3) is 0 Å². The maximum absolute atomic E-state index is 4.18. The lowest BCUT2D eigenvalue weighted by molar-refractivity contribution is 0.785. The van der Waals surface area contributed by atoms with Gasteiger partial charge in [-0.2, -0.15) is 10.2 Å². The van der Waals surface area contributed by atoms with Gasteiger partial charge in [-0.3, -0.25) is 9.78 Å². The lowest BCUT2D eigenvalue weighted by atomic mass is 10.4. The molecule has 2 N–H and O–H groups in total. The van der Waals surface area contributed by atoms with Gasteiger partial charge in [0.2, 0.25) is 0 Å². The van der Waals surface area contributed by atoms with Crippen LogP contribution in [0.5, 0.6) is 0 Å². The standard InChI is InChI=1S/C9H10N8/c1-17-9-6(2-15-17)8(12-4-13-9)10-3-7-11-5-14-16-7/h2,4-5H,3H2,1H3,(H,10,12,13)(H,11,14,16). The van der Waals surface area contributed by atoms with Gasteiger partial charge >= 0.3 is 0 Å². The number of aromatic nitrogens is 7. The highest BCUT2D eigenvalue weighted by atomic mass is 15.3. The number of nitrogens with zero attached hydrogens (tertiary/aromatic N) is 6. The van der Waals surface area contributed by atoms with Gasteiger partial charge in [0.1, 0.15) is 24.3 Å². The first-order valence-electron chi connectivity index (χ1n) is 5.05. The summed E-state index contributed by atoms with van der Waals surface area (Å²) in [7, 11) is 1.84. The molecule has 3 heterocycles. The van der Waals surface area contributed by atoms with Crippen molar-refractivity contribution >= 4 is 16.9 Å². The van der Waals surface area contributed by atoms with Crippen molar-refractivity contribution in [3.8, 4) is 0 Å². The molecule has 3 rings (SSSR count). The third-order valence-electron chi connectivity index (χ3n) is 2.42. The van der Waals surface area contributed by atoms with Crippen molar-refractivity contribution in [1.29, 1.82) is 0 Å². The highest BCUT2D eigenvalue weighted by molar-refractivity contribution is 5.85. The Balaban J connectivity index is 1.90. The molecule has 0 aliphatic carbocycles. The molecule has 0 saturated carbocycles. The molecule has 0 aromatic carbocycles. The summed E-state index contributed by atoms with van der Waals surface area (Å²) in [5.41, 5.74) is 0.792. The lowest BCUT2D eigenvalue weighted by Crippen LogP contribution is -2.04.